The molecule has 4 atom stereocenters. The minimum absolute atomic E-state index is 0.0315. The van der Waals surface area contributed by atoms with E-state index in [-0.39, 0.29) is 38.0 Å². The molecule has 31 heavy (non-hydrogen) atoms. The van der Waals surface area contributed by atoms with Crippen molar-refractivity contribution in [3.63, 3.8) is 0 Å². The summed E-state index contributed by atoms with van der Waals surface area (Å²) in [4.78, 5) is 13.3. The molecule has 3 N–H and O–H groups in total. The minimum atomic E-state index is -1.26. The maximum Gasteiger partial charge on any atom is 0.252 e. The first-order valence-corrected chi connectivity index (χ1v) is 11.0. The van der Waals surface area contributed by atoms with Crippen LogP contribution in [0.3, 0.4) is 0 Å². The summed E-state index contributed by atoms with van der Waals surface area (Å²) in [5.41, 5.74) is 1.77. The molecule has 0 heterocycles. The van der Waals surface area contributed by atoms with Crippen molar-refractivity contribution < 1.29 is 24.5 Å². The van der Waals surface area contributed by atoms with Gasteiger partial charge in [-0.05, 0) is 36.5 Å². The summed E-state index contributed by atoms with van der Waals surface area (Å²) in [6, 6.07) is 17.7. The standard InChI is InChI=1S/C25H31NO5/c1-17-7-5-6-10-19(17)16-31-25(24(29)26-20-11-12-20)13-21(27)23(28)22(14-25)30-15-18-8-3-2-4-9-18/h2-10,20-23,27-28H,11-16H2,1H3,(H,26,29)/t21-,22+,23-,25+/m1/s1. The van der Waals surface area contributed by atoms with Crippen LogP contribution < -0.4 is 5.32 Å². The molecular weight excluding hydrogens is 394 g/mol. The van der Waals surface area contributed by atoms with Gasteiger partial charge in [-0.1, -0.05) is 54.6 Å². The fraction of sp³-hybridized carbons (Fsp3) is 0.480. The number of aliphatic hydroxyl groups is 2. The molecule has 1 amide bonds. The van der Waals surface area contributed by atoms with Crippen LogP contribution in [0.2, 0.25) is 0 Å². The van der Waals surface area contributed by atoms with Crippen molar-refractivity contribution >= 4 is 5.91 Å². The Balaban J connectivity index is 1.53. The molecule has 4 rings (SSSR count). The van der Waals surface area contributed by atoms with Crippen LogP contribution in [0.15, 0.2) is 54.6 Å². The van der Waals surface area contributed by atoms with Crippen LogP contribution in [0.4, 0.5) is 0 Å². The molecule has 2 saturated carbocycles. The molecule has 0 radical (unpaired) electrons. The van der Waals surface area contributed by atoms with E-state index in [9.17, 15) is 15.0 Å². The highest BCUT2D eigenvalue weighted by atomic mass is 16.5. The summed E-state index contributed by atoms with van der Waals surface area (Å²) < 4.78 is 12.2. The van der Waals surface area contributed by atoms with Crippen molar-refractivity contribution in [2.45, 2.75) is 75.8 Å². The Morgan fingerprint density at radius 2 is 1.74 bits per heavy atom. The molecule has 6 heteroatoms. The van der Waals surface area contributed by atoms with Crippen LogP contribution in [0, 0.1) is 6.92 Å². The highest BCUT2D eigenvalue weighted by Crippen LogP contribution is 2.36. The molecule has 2 aliphatic rings. The SMILES string of the molecule is Cc1ccccc1CO[C@@]1(C(=O)NC2CC2)C[C@@H](O)[C@@H](O)[C@@H](OCc2ccccc2)C1. The molecule has 2 aromatic carbocycles. The van der Waals surface area contributed by atoms with E-state index < -0.39 is 23.9 Å². The van der Waals surface area contributed by atoms with Gasteiger partial charge in [-0.15, -0.1) is 0 Å². The number of nitrogens with one attached hydrogen (secondary N) is 1. The first kappa shape index (κ1) is 22.0. The van der Waals surface area contributed by atoms with Crippen molar-refractivity contribution in [1.82, 2.24) is 5.32 Å². The highest BCUT2D eigenvalue weighted by molar-refractivity contribution is 5.86. The molecule has 0 aromatic heterocycles. The van der Waals surface area contributed by atoms with Crippen LogP contribution >= 0.6 is 0 Å². The Kier molecular flexibility index (Phi) is 6.72. The van der Waals surface area contributed by atoms with E-state index in [0.29, 0.717) is 0 Å². The van der Waals surface area contributed by atoms with E-state index in [0.717, 1.165) is 29.5 Å². The zero-order valence-corrected chi connectivity index (χ0v) is 17.9. The lowest BCUT2D eigenvalue weighted by atomic mass is 9.78. The van der Waals surface area contributed by atoms with Crippen molar-refractivity contribution in [1.29, 1.82) is 0 Å². The molecule has 0 spiro atoms. The van der Waals surface area contributed by atoms with Gasteiger partial charge in [0.15, 0.2) is 5.60 Å². The summed E-state index contributed by atoms with van der Waals surface area (Å²) in [6.07, 6.45) is -0.779. The summed E-state index contributed by atoms with van der Waals surface area (Å²) in [5, 5.41) is 24.3. The second-order valence-corrected chi connectivity index (χ2v) is 8.76. The number of aliphatic hydroxyl groups excluding tert-OH is 2. The van der Waals surface area contributed by atoms with E-state index in [1.807, 2.05) is 61.5 Å². The average molecular weight is 426 g/mol. The number of carbonyl (C=O) groups excluding carboxylic acids is 1. The molecular formula is C25H31NO5. The number of benzene rings is 2. The largest absolute Gasteiger partial charge is 0.390 e. The van der Waals surface area contributed by atoms with Crippen LogP contribution in [0.1, 0.15) is 42.4 Å². The first-order valence-electron chi connectivity index (χ1n) is 11.0. The van der Waals surface area contributed by atoms with Crippen LogP contribution in [-0.4, -0.2) is 46.1 Å². The van der Waals surface area contributed by atoms with Crippen LogP contribution in [0.25, 0.3) is 0 Å². The second kappa shape index (κ2) is 9.49. The van der Waals surface area contributed by atoms with Crippen molar-refractivity contribution in [3.05, 3.63) is 71.3 Å². The Bertz CT molecular complexity index is 884. The Hall–Kier alpha value is -2.25. The predicted molar refractivity (Wildman–Crippen MR) is 116 cm³/mol. The molecule has 0 unspecified atom stereocenters. The number of hydrogen-bond donors (Lipinski definition) is 3. The zero-order chi connectivity index (χ0) is 21.8. The predicted octanol–water partition coefficient (Wildman–Crippen LogP) is 2.63. The lowest BCUT2D eigenvalue weighted by Crippen LogP contribution is -2.60. The third kappa shape index (κ3) is 5.33. The fourth-order valence-corrected chi connectivity index (χ4v) is 4.07. The van der Waals surface area contributed by atoms with E-state index >= 15 is 0 Å². The Morgan fingerprint density at radius 1 is 1.03 bits per heavy atom. The van der Waals surface area contributed by atoms with Gasteiger partial charge >= 0.3 is 0 Å². The lowest BCUT2D eigenvalue weighted by molar-refractivity contribution is -0.200. The van der Waals surface area contributed by atoms with Gasteiger partial charge in [-0.2, -0.15) is 0 Å². The van der Waals surface area contributed by atoms with Crippen molar-refractivity contribution in [3.8, 4) is 0 Å². The fourth-order valence-electron chi connectivity index (χ4n) is 4.07. The van der Waals surface area contributed by atoms with Crippen LogP contribution in [-0.2, 0) is 27.5 Å². The number of ether oxygens (including phenoxy) is 2. The average Bonchev–Trinajstić information content (AvgIpc) is 3.59. The molecule has 2 aromatic rings. The number of aryl methyl sites for hydroxylation is 1. The monoisotopic (exact) mass is 425 g/mol. The van der Waals surface area contributed by atoms with Gasteiger partial charge in [0.25, 0.3) is 5.91 Å². The number of carbonyl (C=O) groups is 1. The summed E-state index contributed by atoms with van der Waals surface area (Å²) in [5.74, 6) is -0.233. The Morgan fingerprint density at radius 3 is 2.45 bits per heavy atom. The Labute approximate surface area is 183 Å². The van der Waals surface area contributed by atoms with E-state index in [4.69, 9.17) is 9.47 Å². The van der Waals surface area contributed by atoms with Gasteiger partial charge in [0.1, 0.15) is 6.10 Å². The molecule has 0 aliphatic heterocycles. The normalized spacial score (nSPS) is 28.3. The van der Waals surface area contributed by atoms with Gasteiger partial charge in [-0.25, -0.2) is 0 Å². The summed E-state index contributed by atoms with van der Waals surface area (Å²) >= 11 is 0. The maximum atomic E-state index is 13.3. The third-order valence-corrected chi connectivity index (χ3v) is 6.24. The smallest absolute Gasteiger partial charge is 0.252 e. The number of rotatable bonds is 8. The topological polar surface area (TPSA) is 88.0 Å². The van der Waals surface area contributed by atoms with Crippen molar-refractivity contribution in [2.24, 2.45) is 0 Å². The van der Waals surface area contributed by atoms with E-state index in [1.165, 1.54) is 0 Å². The minimum Gasteiger partial charge on any atom is -0.390 e. The van der Waals surface area contributed by atoms with Gasteiger partial charge < -0.3 is 25.0 Å². The first-order chi connectivity index (χ1) is 15.0. The third-order valence-electron chi connectivity index (χ3n) is 6.24. The highest BCUT2D eigenvalue weighted by Gasteiger charge is 2.52. The van der Waals surface area contributed by atoms with Gasteiger partial charge in [0.05, 0.1) is 25.4 Å². The van der Waals surface area contributed by atoms with Gasteiger partial charge in [0, 0.05) is 18.9 Å². The molecule has 0 saturated heterocycles. The van der Waals surface area contributed by atoms with E-state index in [2.05, 4.69) is 5.32 Å². The zero-order valence-electron chi connectivity index (χ0n) is 17.9. The van der Waals surface area contributed by atoms with E-state index in [1.54, 1.807) is 0 Å². The van der Waals surface area contributed by atoms with Gasteiger partial charge in [0.2, 0.25) is 0 Å². The molecule has 2 aliphatic carbocycles. The van der Waals surface area contributed by atoms with Gasteiger partial charge in [-0.3, -0.25) is 4.79 Å². The molecule has 166 valence electrons. The van der Waals surface area contributed by atoms with Crippen LogP contribution in [0.5, 0.6) is 0 Å². The second-order valence-electron chi connectivity index (χ2n) is 8.76. The maximum absolute atomic E-state index is 13.3. The molecule has 2 fully saturated rings. The molecule has 6 nitrogen and oxygen atoms in total. The molecule has 0 bridgehead atoms. The quantitative estimate of drug-likeness (QED) is 0.605. The number of amides is 1. The lowest BCUT2D eigenvalue weighted by Gasteiger charge is -2.44. The van der Waals surface area contributed by atoms with Crippen molar-refractivity contribution in [2.75, 3.05) is 0 Å². The summed E-state index contributed by atoms with van der Waals surface area (Å²) in [7, 11) is 0. The number of hydrogen-bond acceptors (Lipinski definition) is 5. The summed E-state index contributed by atoms with van der Waals surface area (Å²) in [6.45, 7) is 2.53.